The fraction of sp³-hybridized carbons (Fsp3) is 0.538. The molecule has 126 valence electrons. The maximum absolute atomic E-state index is 12.4. The Bertz CT molecular complexity index is 635. The second kappa shape index (κ2) is 6.01. The van der Waals surface area contributed by atoms with Gasteiger partial charge in [0.1, 0.15) is 12.6 Å². The first kappa shape index (κ1) is 17.0. The highest BCUT2D eigenvalue weighted by molar-refractivity contribution is 5.87. The Hall–Kier alpha value is -2.39. The summed E-state index contributed by atoms with van der Waals surface area (Å²) in [7, 11) is 1.42. The van der Waals surface area contributed by atoms with E-state index in [2.05, 4.69) is 4.98 Å². The number of rotatable bonds is 4. The van der Waals surface area contributed by atoms with E-state index in [9.17, 15) is 28.1 Å². The van der Waals surface area contributed by atoms with E-state index in [1.54, 1.807) is 6.92 Å². The molecule has 10 heteroatoms. The van der Waals surface area contributed by atoms with Crippen molar-refractivity contribution in [1.82, 2.24) is 9.88 Å². The van der Waals surface area contributed by atoms with Crippen LogP contribution in [0, 0.1) is 17.0 Å². The predicted octanol–water partition coefficient (Wildman–Crippen LogP) is 1.90. The first-order valence-electron chi connectivity index (χ1n) is 6.79. The summed E-state index contributed by atoms with van der Waals surface area (Å²) in [5.74, 6) is -0.741. The van der Waals surface area contributed by atoms with Crippen molar-refractivity contribution in [2.75, 3.05) is 25.0 Å². The Morgan fingerprint density at radius 1 is 1.52 bits per heavy atom. The van der Waals surface area contributed by atoms with Gasteiger partial charge >= 0.3 is 11.9 Å². The van der Waals surface area contributed by atoms with Crippen LogP contribution in [0.15, 0.2) is 12.3 Å². The highest BCUT2D eigenvalue weighted by Gasteiger charge is 2.42. The van der Waals surface area contributed by atoms with Gasteiger partial charge < -0.3 is 9.80 Å². The average molecular weight is 332 g/mol. The van der Waals surface area contributed by atoms with Gasteiger partial charge in [0.2, 0.25) is 11.7 Å². The van der Waals surface area contributed by atoms with E-state index in [1.165, 1.54) is 24.2 Å². The SMILES string of the molecule is Cc1cnc(N(C)[C@H]2CCN(CC(F)(F)F)C2=O)c([N+](=O)[O-])c1. The number of carbonyl (C=O) groups excluding carboxylic acids is 1. The summed E-state index contributed by atoms with van der Waals surface area (Å²) in [5, 5.41) is 11.1. The predicted molar refractivity (Wildman–Crippen MR) is 75.1 cm³/mol. The highest BCUT2D eigenvalue weighted by atomic mass is 19.4. The number of likely N-dealkylation sites (tertiary alicyclic amines) is 1. The number of nitro groups is 1. The van der Waals surface area contributed by atoms with Crippen LogP contribution in [0.1, 0.15) is 12.0 Å². The van der Waals surface area contributed by atoms with Crippen LogP contribution < -0.4 is 4.90 Å². The van der Waals surface area contributed by atoms with E-state index < -0.39 is 29.6 Å². The zero-order valence-corrected chi connectivity index (χ0v) is 12.5. The molecule has 0 unspecified atom stereocenters. The first-order chi connectivity index (χ1) is 10.6. The van der Waals surface area contributed by atoms with Crippen molar-refractivity contribution in [1.29, 1.82) is 0 Å². The number of aromatic nitrogens is 1. The molecule has 7 nitrogen and oxygen atoms in total. The summed E-state index contributed by atoms with van der Waals surface area (Å²) in [4.78, 5) is 28.6. The molecule has 0 radical (unpaired) electrons. The van der Waals surface area contributed by atoms with Crippen LogP contribution in [0.25, 0.3) is 0 Å². The number of amides is 1. The van der Waals surface area contributed by atoms with Crippen LogP contribution in [-0.4, -0.2) is 53.1 Å². The number of carbonyl (C=O) groups is 1. The number of likely N-dealkylation sites (N-methyl/N-ethyl adjacent to an activating group) is 1. The largest absolute Gasteiger partial charge is 0.406 e. The zero-order chi connectivity index (χ0) is 17.4. The van der Waals surface area contributed by atoms with Crippen molar-refractivity contribution in [3.05, 3.63) is 27.9 Å². The Balaban J connectivity index is 2.24. The summed E-state index contributed by atoms with van der Waals surface area (Å²) in [6.07, 6.45) is -2.92. The Labute approximate surface area is 129 Å². The molecule has 0 saturated carbocycles. The lowest BCUT2D eigenvalue weighted by atomic mass is 10.2. The fourth-order valence-corrected chi connectivity index (χ4v) is 2.56. The minimum atomic E-state index is -4.47. The number of pyridine rings is 1. The number of hydrogen-bond acceptors (Lipinski definition) is 5. The molecular formula is C13H15F3N4O3. The monoisotopic (exact) mass is 332 g/mol. The van der Waals surface area contributed by atoms with Crippen molar-refractivity contribution < 1.29 is 22.9 Å². The van der Waals surface area contributed by atoms with Crippen molar-refractivity contribution in [3.63, 3.8) is 0 Å². The second-order valence-electron chi connectivity index (χ2n) is 5.40. The van der Waals surface area contributed by atoms with Crippen LogP contribution in [0.5, 0.6) is 0 Å². The smallest absolute Gasteiger partial charge is 0.342 e. The molecule has 23 heavy (non-hydrogen) atoms. The van der Waals surface area contributed by atoms with Gasteiger partial charge in [-0.1, -0.05) is 0 Å². The first-order valence-corrected chi connectivity index (χ1v) is 6.79. The van der Waals surface area contributed by atoms with E-state index in [1.807, 2.05) is 0 Å². The maximum Gasteiger partial charge on any atom is 0.406 e. The second-order valence-corrected chi connectivity index (χ2v) is 5.40. The van der Waals surface area contributed by atoms with Crippen LogP contribution in [-0.2, 0) is 4.79 Å². The summed E-state index contributed by atoms with van der Waals surface area (Å²) in [6.45, 7) is 0.266. The summed E-state index contributed by atoms with van der Waals surface area (Å²) < 4.78 is 37.3. The van der Waals surface area contributed by atoms with Gasteiger partial charge in [-0.15, -0.1) is 0 Å². The van der Waals surface area contributed by atoms with Crippen molar-refractivity contribution >= 4 is 17.4 Å². The third-order valence-electron chi connectivity index (χ3n) is 3.62. The maximum atomic E-state index is 12.4. The minimum absolute atomic E-state index is 0.0344. The van der Waals surface area contributed by atoms with Crippen LogP contribution in [0.3, 0.4) is 0 Å². The topological polar surface area (TPSA) is 79.6 Å². The average Bonchev–Trinajstić information content (AvgIpc) is 2.77. The van der Waals surface area contributed by atoms with Crippen LogP contribution in [0.4, 0.5) is 24.7 Å². The lowest BCUT2D eigenvalue weighted by Gasteiger charge is -2.25. The molecule has 1 fully saturated rings. The van der Waals surface area contributed by atoms with E-state index in [0.717, 1.165) is 0 Å². The summed E-state index contributed by atoms with van der Waals surface area (Å²) in [5.41, 5.74) is 0.292. The number of halogens is 3. The van der Waals surface area contributed by atoms with Crippen molar-refractivity contribution in [2.45, 2.75) is 25.6 Å². The highest BCUT2D eigenvalue weighted by Crippen LogP contribution is 2.30. The molecule has 1 aromatic rings. The van der Waals surface area contributed by atoms with E-state index in [0.29, 0.717) is 10.5 Å². The van der Waals surface area contributed by atoms with E-state index in [4.69, 9.17) is 0 Å². The lowest BCUT2D eigenvalue weighted by Crippen LogP contribution is -2.43. The Morgan fingerprint density at radius 2 is 2.17 bits per heavy atom. The molecule has 1 aromatic heterocycles. The van der Waals surface area contributed by atoms with Crippen LogP contribution in [0.2, 0.25) is 0 Å². The molecule has 0 aromatic carbocycles. The lowest BCUT2D eigenvalue weighted by molar-refractivity contribution is -0.384. The molecular weight excluding hydrogens is 317 g/mol. The Morgan fingerprint density at radius 3 is 2.74 bits per heavy atom. The number of hydrogen-bond donors (Lipinski definition) is 0. The quantitative estimate of drug-likeness (QED) is 0.621. The molecule has 1 aliphatic rings. The molecule has 1 amide bonds. The van der Waals surface area contributed by atoms with Gasteiger partial charge in [-0.3, -0.25) is 14.9 Å². The minimum Gasteiger partial charge on any atom is -0.342 e. The number of nitrogens with zero attached hydrogens (tertiary/aromatic N) is 4. The molecule has 1 saturated heterocycles. The summed E-state index contributed by atoms with van der Waals surface area (Å²) in [6, 6.07) is 0.414. The van der Waals surface area contributed by atoms with Crippen molar-refractivity contribution in [3.8, 4) is 0 Å². The number of alkyl halides is 3. The van der Waals surface area contributed by atoms with Gasteiger partial charge in [-0.05, 0) is 18.9 Å². The molecule has 0 N–H and O–H groups in total. The zero-order valence-electron chi connectivity index (χ0n) is 12.5. The van der Waals surface area contributed by atoms with Gasteiger partial charge in [-0.25, -0.2) is 4.98 Å². The third-order valence-corrected chi connectivity index (χ3v) is 3.62. The van der Waals surface area contributed by atoms with Gasteiger partial charge in [0, 0.05) is 25.9 Å². The fourth-order valence-electron chi connectivity index (χ4n) is 2.56. The third kappa shape index (κ3) is 3.69. The molecule has 1 aliphatic heterocycles. The number of aryl methyl sites for hydroxylation is 1. The molecule has 1 atom stereocenters. The number of anilines is 1. The Kier molecular flexibility index (Phi) is 4.44. The van der Waals surface area contributed by atoms with Gasteiger partial charge in [-0.2, -0.15) is 13.2 Å². The van der Waals surface area contributed by atoms with Crippen molar-refractivity contribution in [2.24, 2.45) is 0 Å². The molecule has 0 bridgehead atoms. The van der Waals surface area contributed by atoms with Gasteiger partial charge in [0.05, 0.1) is 4.92 Å². The van der Waals surface area contributed by atoms with Gasteiger partial charge in [0.25, 0.3) is 0 Å². The van der Waals surface area contributed by atoms with Crippen LogP contribution >= 0.6 is 0 Å². The van der Waals surface area contributed by atoms with E-state index >= 15 is 0 Å². The molecule has 2 rings (SSSR count). The standard InChI is InChI=1S/C13H15F3N4O3/c1-8-5-10(20(22)23)11(17-6-8)18(2)9-3-4-19(12(9)21)7-13(14,15)16/h5-6,9H,3-4,7H2,1-2H3/t9-/m0/s1. The molecule has 0 aliphatic carbocycles. The normalized spacial score (nSPS) is 18.4. The molecule has 0 spiro atoms. The molecule has 2 heterocycles. The van der Waals surface area contributed by atoms with Gasteiger partial charge in [0.15, 0.2) is 0 Å². The summed E-state index contributed by atoms with van der Waals surface area (Å²) >= 11 is 0. The van der Waals surface area contributed by atoms with E-state index in [-0.39, 0.29) is 24.5 Å².